The Morgan fingerprint density at radius 1 is 1.23 bits per heavy atom. The molecule has 0 spiro atoms. The quantitative estimate of drug-likeness (QED) is 0.603. The van der Waals surface area contributed by atoms with Crippen molar-refractivity contribution in [2.24, 2.45) is 5.41 Å². The number of rotatable bonds is 7. The highest BCUT2D eigenvalue weighted by atomic mass is 19.1. The van der Waals surface area contributed by atoms with Crippen LogP contribution in [0.4, 0.5) is 4.39 Å². The van der Waals surface area contributed by atoms with Crippen LogP contribution >= 0.6 is 0 Å². The molecule has 2 rings (SSSR count). The summed E-state index contributed by atoms with van der Waals surface area (Å²) in [5.74, 6) is -0.798. The number of hydrogen-bond donors (Lipinski definition) is 1. The second-order valence-corrected chi connectivity index (χ2v) is 7.45. The van der Waals surface area contributed by atoms with Gasteiger partial charge in [0.05, 0.1) is 19.3 Å². The van der Waals surface area contributed by atoms with E-state index in [0.717, 1.165) is 10.9 Å². The number of esters is 1. The number of methoxy groups -OCH3 is 1. The van der Waals surface area contributed by atoms with Gasteiger partial charge in [0.1, 0.15) is 6.04 Å². The third-order valence-electron chi connectivity index (χ3n) is 4.39. The molecule has 142 valence electrons. The molecule has 1 aromatic carbocycles. The molecule has 0 aliphatic rings. The maximum atomic E-state index is 12.9. The number of nitrogens with one attached hydrogen (secondary N) is 1. The number of carbonyl (C=O) groups excluding carboxylic acids is 2. The fourth-order valence-corrected chi connectivity index (χ4v) is 2.95. The number of halogens is 1. The smallest absolute Gasteiger partial charge is 0.328 e. The van der Waals surface area contributed by atoms with Gasteiger partial charge < -0.3 is 14.6 Å². The van der Waals surface area contributed by atoms with Crippen molar-refractivity contribution in [3.63, 3.8) is 0 Å². The maximum Gasteiger partial charge on any atom is 0.328 e. The van der Waals surface area contributed by atoms with Crippen LogP contribution in [0.3, 0.4) is 0 Å². The van der Waals surface area contributed by atoms with E-state index in [1.807, 2.05) is 49.6 Å². The van der Waals surface area contributed by atoms with E-state index in [1.54, 1.807) is 6.20 Å². The fraction of sp³-hybridized carbons (Fsp3) is 0.500. The van der Waals surface area contributed by atoms with Crippen molar-refractivity contribution in [1.29, 1.82) is 0 Å². The van der Waals surface area contributed by atoms with Gasteiger partial charge in [0.15, 0.2) is 0 Å². The van der Waals surface area contributed by atoms with E-state index in [1.165, 1.54) is 7.11 Å². The topological polar surface area (TPSA) is 60.3 Å². The van der Waals surface area contributed by atoms with Crippen LogP contribution in [0.2, 0.25) is 0 Å². The summed E-state index contributed by atoms with van der Waals surface area (Å²) < 4.78 is 19.2. The molecule has 6 heteroatoms. The molecule has 0 radical (unpaired) electrons. The van der Waals surface area contributed by atoms with Crippen LogP contribution in [-0.2, 0) is 16.1 Å². The highest BCUT2D eigenvalue weighted by Gasteiger charge is 2.34. The number of alkyl halides is 1. The van der Waals surface area contributed by atoms with Gasteiger partial charge in [0.25, 0.3) is 5.91 Å². The van der Waals surface area contributed by atoms with Gasteiger partial charge in [-0.05, 0) is 24.3 Å². The van der Waals surface area contributed by atoms with Gasteiger partial charge in [-0.15, -0.1) is 0 Å². The molecule has 0 bridgehead atoms. The zero-order valence-electron chi connectivity index (χ0n) is 15.8. The van der Waals surface area contributed by atoms with Crippen molar-refractivity contribution >= 4 is 22.8 Å². The van der Waals surface area contributed by atoms with Gasteiger partial charge >= 0.3 is 5.97 Å². The minimum absolute atomic E-state index is 0.323. The van der Waals surface area contributed by atoms with Crippen molar-refractivity contribution < 1.29 is 18.7 Å². The van der Waals surface area contributed by atoms with E-state index < -0.39 is 17.4 Å². The first kappa shape index (κ1) is 19.9. The minimum Gasteiger partial charge on any atom is -0.467 e. The number of fused-ring (bicyclic) bond motifs is 1. The van der Waals surface area contributed by atoms with Crippen LogP contribution in [-0.4, -0.2) is 36.3 Å². The summed E-state index contributed by atoms with van der Waals surface area (Å²) in [5, 5.41) is 3.62. The number of amides is 1. The van der Waals surface area contributed by atoms with Gasteiger partial charge in [-0.2, -0.15) is 0 Å². The Morgan fingerprint density at radius 2 is 1.92 bits per heavy atom. The average molecular weight is 362 g/mol. The zero-order valence-corrected chi connectivity index (χ0v) is 15.8. The number of aryl methyl sites for hydroxylation is 1. The first-order chi connectivity index (χ1) is 12.3. The van der Waals surface area contributed by atoms with Crippen molar-refractivity contribution in [2.75, 3.05) is 13.8 Å². The number of ether oxygens (including phenoxy) is 1. The van der Waals surface area contributed by atoms with Crippen molar-refractivity contribution in [2.45, 2.75) is 46.2 Å². The fourth-order valence-electron chi connectivity index (χ4n) is 2.95. The Morgan fingerprint density at radius 3 is 2.54 bits per heavy atom. The molecule has 0 saturated carbocycles. The summed E-state index contributed by atoms with van der Waals surface area (Å²) in [6.07, 6.45) is 2.96. The highest BCUT2D eigenvalue weighted by Crippen LogP contribution is 2.24. The van der Waals surface area contributed by atoms with Crippen LogP contribution < -0.4 is 5.32 Å². The molecule has 1 amide bonds. The lowest BCUT2D eigenvalue weighted by Crippen LogP contribution is -2.49. The van der Waals surface area contributed by atoms with E-state index in [0.29, 0.717) is 24.9 Å². The molecule has 1 N–H and O–H groups in total. The number of benzene rings is 1. The van der Waals surface area contributed by atoms with E-state index >= 15 is 0 Å². The minimum atomic E-state index is -0.756. The van der Waals surface area contributed by atoms with E-state index in [4.69, 9.17) is 4.74 Å². The SMILES string of the molecule is COC(=O)C(NC(=O)c1cn(CCCCF)c2ccccc12)C(C)(C)C. The summed E-state index contributed by atoms with van der Waals surface area (Å²) in [6, 6.07) is 6.83. The summed E-state index contributed by atoms with van der Waals surface area (Å²) in [5.41, 5.74) is 0.934. The second kappa shape index (κ2) is 8.34. The molecule has 2 aromatic rings. The van der Waals surface area contributed by atoms with Crippen LogP contribution in [0.1, 0.15) is 44.0 Å². The zero-order chi connectivity index (χ0) is 19.3. The second-order valence-electron chi connectivity index (χ2n) is 7.45. The molecule has 1 atom stereocenters. The van der Waals surface area contributed by atoms with E-state index in [9.17, 15) is 14.0 Å². The standard InChI is InChI=1S/C20H27FN2O3/c1-20(2,3)17(19(25)26-4)22-18(24)15-13-23(12-8-7-11-21)16-10-6-5-9-14(15)16/h5-6,9-10,13,17H,7-8,11-12H2,1-4H3,(H,22,24). The largest absolute Gasteiger partial charge is 0.467 e. The van der Waals surface area contributed by atoms with Gasteiger partial charge in [-0.25, -0.2) is 4.79 Å². The Hall–Kier alpha value is -2.37. The summed E-state index contributed by atoms with van der Waals surface area (Å²) in [7, 11) is 1.31. The molecule has 1 heterocycles. The number of unbranched alkanes of at least 4 members (excludes halogenated alkanes) is 1. The van der Waals surface area contributed by atoms with Crippen LogP contribution in [0.5, 0.6) is 0 Å². The lowest BCUT2D eigenvalue weighted by atomic mass is 9.86. The summed E-state index contributed by atoms with van der Waals surface area (Å²) in [6.45, 7) is 5.90. The molecular weight excluding hydrogens is 335 g/mol. The number of hydrogen-bond acceptors (Lipinski definition) is 3. The van der Waals surface area contributed by atoms with E-state index in [2.05, 4.69) is 5.32 Å². The molecule has 0 aliphatic heterocycles. The first-order valence-electron chi connectivity index (χ1n) is 8.82. The van der Waals surface area contributed by atoms with Crippen LogP contribution in [0.15, 0.2) is 30.5 Å². The van der Waals surface area contributed by atoms with Crippen LogP contribution in [0.25, 0.3) is 10.9 Å². The Balaban J connectivity index is 2.33. The Labute approximate surface area is 153 Å². The third kappa shape index (κ3) is 4.42. The third-order valence-corrected chi connectivity index (χ3v) is 4.39. The predicted octanol–water partition coefficient (Wildman–Crippen LogP) is 3.71. The number of nitrogens with zero attached hydrogens (tertiary/aromatic N) is 1. The highest BCUT2D eigenvalue weighted by molar-refractivity contribution is 6.08. The van der Waals surface area contributed by atoms with Gasteiger partial charge in [-0.1, -0.05) is 39.0 Å². The van der Waals surface area contributed by atoms with Gasteiger partial charge in [-0.3, -0.25) is 9.18 Å². The van der Waals surface area contributed by atoms with Crippen molar-refractivity contribution in [3.8, 4) is 0 Å². The van der Waals surface area contributed by atoms with E-state index in [-0.39, 0.29) is 12.6 Å². The molecule has 1 unspecified atom stereocenters. The van der Waals surface area contributed by atoms with Gasteiger partial charge in [0, 0.05) is 23.6 Å². The molecule has 26 heavy (non-hydrogen) atoms. The average Bonchev–Trinajstić information content (AvgIpc) is 2.97. The number of carbonyl (C=O) groups is 2. The Kier molecular flexibility index (Phi) is 6.40. The maximum absolute atomic E-state index is 12.9. The summed E-state index contributed by atoms with van der Waals surface area (Å²) >= 11 is 0. The normalized spacial score (nSPS) is 12.8. The van der Waals surface area contributed by atoms with Crippen LogP contribution in [0, 0.1) is 5.41 Å². The number of aromatic nitrogens is 1. The van der Waals surface area contributed by atoms with Crippen molar-refractivity contribution in [1.82, 2.24) is 9.88 Å². The Bertz CT molecular complexity index is 777. The molecule has 1 aromatic heterocycles. The summed E-state index contributed by atoms with van der Waals surface area (Å²) in [4.78, 5) is 25.0. The van der Waals surface area contributed by atoms with Crippen molar-refractivity contribution in [3.05, 3.63) is 36.0 Å². The molecular formula is C20H27FN2O3. The molecule has 0 aliphatic carbocycles. The molecule has 5 nitrogen and oxygen atoms in total. The molecule has 0 fully saturated rings. The lowest BCUT2D eigenvalue weighted by molar-refractivity contribution is -0.145. The monoisotopic (exact) mass is 362 g/mol. The lowest BCUT2D eigenvalue weighted by Gasteiger charge is -2.28. The predicted molar refractivity (Wildman–Crippen MR) is 99.9 cm³/mol. The number of para-hydroxylation sites is 1. The first-order valence-corrected chi connectivity index (χ1v) is 8.82. The van der Waals surface area contributed by atoms with Gasteiger partial charge in [0.2, 0.25) is 0 Å². The molecule has 0 saturated heterocycles.